The minimum absolute atomic E-state index is 0.103. The summed E-state index contributed by atoms with van der Waals surface area (Å²) in [6.45, 7) is 0.320. The molecule has 1 heterocycles. The molecule has 1 amide bonds. The standard InChI is InChI=1S/C29H30FNO8/c1-34-21-10-9-18(26(32)19-15-23(35-2)27(37-4)24(16-19)36-3)14-22(21)39-12-11-31-25(28(38-5)29(31)33)17-7-6-8-20(30)13-17/h6-10,13-16,25,28H,11-12H2,1-5H3/t25-,28+/m1/s1. The molecule has 0 spiro atoms. The number of hydrogen-bond donors (Lipinski definition) is 0. The quantitative estimate of drug-likeness (QED) is 0.251. The first-order chi connectivity index (χ1) is 18.9. The monoisotopic (exact) mass is 539 g/mol. The molecule has 4 rings (SSSR count). The molecule has 0 unspecified atom stereocenters. The lowest BCUT2D eigenvalue weighted by Crippen LogP contribution is -2.60. The Bertz CT molecular complexity index is 1340. The van der Waals surface area contributed by atoms with Crippen LogP contribution in [0.1, 0.15) is 27.5 Å². The highest BCUT2D eigenvalue weighted by Crippen LogP contribution is 2.40. The molecule has 39 heavy (non-hydrogen) atoms. The number of benzene rings is 3. The van der Waals surface area contributed by atoms with Gasteiger partial charge in [0.1, 0.15) is 12.4 Å². The number of ketones is 1. The second-order valence-corrected chi connectivity index (χ2v) is 8.65. The summed E-state index contributed by atoms with van der Waals surface area (Å²) in [5.41, 5.74) is 1.31. The van der Waals surface area contributed by atoms with E-state index in [1.165, 1.54) is 47.7 Å². The topological polar surface area (TPSA) is 92.8 Å². The highest BCUT2D eigenvalue weighted by molar-refractivity contribution is 6.10. The molecule has 1 saturated heterocycles. The summed E-state index contributed by atoms with van der Waals surface area (Å²) < 4.78 is 46.6. The Balaban J connectivity index is 1.52. The van der Waals surface area contributed by atoms with Crippen LogP contribution >= 0.6 is 0 Å². The van der Waals surface area contributed by atoms with Gasteiger partial charge in [-0.3, -0.25) is 9.59 Å². The normalized spacial score (nSPS) is 16.4. The van der Waals surface area contributed by atoms with E-state index in [1.807, 2.05) is 0 Å². The van der Waals surface area contributed by atoms with E-state index in [0.29, 0.717) is 45.4 Å². The first kappa shape index (κ1) is 27.7. The zero-order valence-electron chi connectivity index (χ0n) is 22.4. The van der Waals surface area contributed by atoms with Gasteiger partial charge in [-0.1, -0.05) is 12.1 Å². The Labute approximate surface area is 225 Å². The van der Waals surface area contributed by atoms with Crippen molar-refractivity contribution < 1.29 is 42.4 Å². The van der Waals surface area contributed by atoms with Crippen LogP contribution in [0.3, 0.4) is 0 Å². The Morgan fingerprint density at radius 2 is 1.49 bits per heavy atom. The maximum absolute atomic E-state index is 13.8. The summed E-state index contributed by atoms with van der Waals surface area (Å²) in [7, 11) is 7.37. The molecule has 1 aliphatic heterocycles. The van der Waals surface area contributed by atoms with E-state index < -0.39 is 18.0 Å². The van der Waals surface area contributed by atoms with E-state index in [4.69, 9.17) is 28.4 Å². The molecule has 3 aromatic rings. The van der Waals surface area contributed by atoms with Gasteiger partial charge in [-0.15, -0.1) is 0 Å². The van der Waals surface area contributed by atoms with Gasteiger partial charge in [-0.05, 0) is 48.0 Å². The number of β-lactam (4-membered cyclic amide) rings is 1. The van der Waals surface area contributed by atoms with Gasteiger partial charge in [0.25, 0.3) is 5.91 Å². The van der Waals surface area contributed by atoms with E-state index in [2.05, 4.69) is 0 Å². The average molecular weight is 540 g/mol. The Hall–Kier alpha value is -4.31. The molecule has 206 valence electrons. The number of ether oxygens (including phenoxy) is 6. The van der Waals surface area contributed by atoms with Crippen LogP contribution in [-0.2, 0) is 9.53 Å². The molecule has 1 aliphatic rings. The van der Waals surface area contributed by atoms with Crippen molar-refractivity contribution in [2.24, 2.45) is 0 Å². The highest BCUT2D eigenvalue weighted by atomic mass is 19.1. The van der Waals surface area contributed by atoms with Gasteiger partial charge >= 0.3 is 0 Å². The molecule has 1 fully saturated rings. The lowest BCUT2D eigenvalue weighted by atomic mass is 9.90. The maximum Gasteiger partial charge on any atom is 0.254 e. The van der Waals surface area contributed by atoms with Crippen LogP contribution in [0.15, 0.2) is 54.6 Å². The number of halogens is 1. The van der Waals surface area contributed by atoms with E-state index in [0.717, 1.165) is 0 Å². The van der Waals surface area contributed by atoms with Crippen molar-refractivity contribution in [2.45, 2.75) is 12.1 Å². The summed E-state index contributed by atoms with van der Waals surface area (Å²) in [6.07, 6.45) is -0.694. The van der Waals surface area contributed by atoms with Crippen LogP contribution in [0, 0.1) is 5.82 Å². The number of carbonyl (C=O) groups is 2. The van der Waals surface area contributed by atoms with Gasteiger partial charge in [0, 0.05) is 18.2 Å². The minimum Gasteiger partial charge on any atom is -0.493 e. The average Bonchev–Trinajstić information content (AvgIpc) is 2.96. The zero-order valence-corrected chi connectivity index (χ0v) is 22.4. The second kappa shape index (κ2) is 12.0. The summed E-state index contributed by atoms with van der Waals surface area (Å²) in [6, 6.07) is 13.6. The molecular formula is C29H30FNO8. The fourth-order valence-electron chi connectivity index (χ4n) is 4.60. The van der Waals surface area contributed by atoms with E-state index in [1.54, 1.807) is 47.4 Å². The van der Waals surface area contributed by atoms with Crippen molar-refractivity contribution in [3.63, 3.8) is 0 Å². The fraction of sp³-hybridized carbons (Fsp3) is 0.310. The lowest BCUT2D eigenvalue weighted by molar-refractivity contribution is -0.171. The third-order valence-electron chi connectivity index (χ3n) is 6.54. The number of likely N-dealkylation sites (tertiary alicyclic amines) is 1. The van der Waals surface area contributed by atoms with Gasteiger partial charge in [-0.2, -0.15) is 0 Å². The molecule has 0 aromatic heterocycles. The summed E-state index contributed by atoms with van der Waals surface area (Å²) in [5, 5.41) is 0. The van der Waals surface area contributed by atoms with E-state index in [9.17, 15) is 14.0 Å². The van der Waals surface area contributed by atoms with Gasteiger partial charge in [0.2, 0.25) is 5.75 Å². The van der Waals surface area contributed by atoms with E-state index >= 15 is 0 Å². The van der Waals surface area contributed by atoms with Gasteiger partial charge in [-0.25, -0.2) is 4.39 Å². The van der Waals surface area contributed by atoms with E-state index in [-0.39, 0.29) is 24.8 Å². The SMILES string of the molecule is COc1ccc(C(=O)c2cc(OC)c(OC)c(OC)c2)cc1OCCN1C(=O)[C@@H](OC)[C@H]1c1cccc(F)c1. The summed E-state index contributed by atoms with van der Waals surface area (Å²) in [4.78, 5) is 27.6. The first-order valence-electron chi connectivity index (χ1n) is 12.1. The maximum atomic E-state index is 13.8. The molecule has 0 radical (unpaired) electrons. The number of rotatable bonds is 12. The lowest BCUT2D eigenvalue weighted by Gasteiger charge is -2.46. The molecule has 0 aliphatic carbocycles. The molecule has 0 N–H and O–H groups in total. The third-order valence-corrected chi connectivity index (χ3v) is 6.54. The minimum atomic E-state index is -0.694. The smallest absolute Gasteiger partial charge is 0.254 e. The van der Waals surface area contributed by atoms with Crippen molar-refractivity contribution in [1.29, 1.82) is 0 Å². The van der Waals surface area contributed by atoms with Crippen molar-refractivity contribution in [1.82, 2.24) is 4.90 Å². The van der Waals surface area contributed by atoms with Crippen LogP contribution < -0.4 is 23.7 Å². The van der Waals surface area contributed by atoms with Crippen LogP contribution in [0.2, 0.25) is 0 Å². The van der Waals surface area contributed by atoms with Crippen molar-refractivity contribution in [3.05, 3.63) is 77.1 Å². The van der Waals surface area contributed by atoms with Crippen LogP contribution in [-0.4, -0.2) is 71.4 Å². The first-order valence-corrected chi connectivity index (χ1v) is 12.1. The van der Waals surface area contributed by atoms with Crippen molar-refractivity contribution in [2.75, 3.05) is 48.7 Å². The molecule has 3 aromatic carbocycles. The number of hydrogen-bond acceptors (Lipinski definition) is 8. The Morgan fingerprint density at radius 1 is 0.821 bits per heavy atom. The van der Waals surface area contributed by atoms with Gasteiger partial charge in [0.15, 0.2) is 34.9 Å². The third kappa shape index (κ3) is 5.46. The Kier molecular flexibility index (Phi) is 8.55. The summed E-state index contributed by atoms with van der Waals surface area (Å²) in [5.74, 6) is 0.928. The predicted molar refractivity (Wildman–Crippen MR) is 140 cm³/mol. The fourth-order valence-corrected chi connectivity index (χ4v) is 4.60. The largest absolute Gasteiger partial charge is 0.493 e. The summed E-state index contributed by atoms with van der Waals surface area (Å²) >= 11 is 0. The molecule has 10 heteroatoms. The van der Waals surface area contributed by atoms with Crippen molar-refractivity contribution >= 4 is 11.7 Å². The number of nitrogens with zero attached hydrogens (tertiary/aromatic N) is 1. The Morgan fingerprint density at radius 3 is 2.08 bits per heavy atom. The van der Waals surface area contributed by atoms with Crippen LogP contribution in [0.4, 0.5) is 4.39 Å². The second-order valence-electron chi connectivity index (χ2n) is 8.65. The highest BCUT2D eigenvalue weighted by Gasteiger charge is 2.48. The molecule has 9 nitrogen and oxygen atoms in total. The van der Waals surface area contributed by atoms with Gasteiger partial charge in [0.05, 0.1) is 41.0 Å². The predicted octanol–water partition coefficient (Wildman–Crippen LogP) is 4.07. The number of carbonyl (C=O) groups excluding carboxylic acids is 2. The molecule has 0 bridgehead atoms. The van der Waals surface area contributed by atoms with Crippen molar-refractivity contribution in [3.8, 4) is 28.7 Å². The van der Waals surface area contributed by atoms with Crippen LogP contribution in [0.25, 0.3) is 0 Å². The number of amides is 1. The number of methoxy groups -OCH3 is 5. The molecular weight excluding hydrogens is 509 g/mol. The zero-order chi connectivity index (χ0) is 28.1. The van der Waals surface area contributed by atoms with Gasteiger partial charge < -0.3 is 33.3 Å². The molecule has 2 atom stereocenters. The van der Waals surface area contributed by atoms with Crippen LogP contribution in [0.5, 0.6) is 28.7 Å². The molecule has 0 saturated carbocycles.